The molecule has 9 heteroatoms. The SMILES string of the molecule is CCCCCCCCCCCCCCCCCCOC(=O)c1cccc(Cn2cc(-c3cccc4c(=O)cc(N5CCOCC5)[nH]c34)nn2)c1. The highest BCUT2D eigenvalue weighted by molar-refractivity contribution is 5.93. The van der Waals surface area contributed by atoms with E-state index in [2.05, 4.69) is 27.1 Å². The van der Waals surface area contributed by atoms with Crippen LogP contribution < -0.4 is 10.3 Å². The molecule has 9 nitrogen and oxygen atoms in total. The normalized spacial score (nSPS) is 13.3. The first-order chi connectivity index (χ1) is 24.6. The number of aromatic amines is 1. The molecule has 270 valence electrons. The van der Waals surface area contributed by atoms with E-state index in [0.717, 1.165) is 48.4 Å². The number of nitrogens with zero attached hydrogens (tertiary/aromatic N) is 4. The number of carbonyl (C=O) groups excluding carboxylic acids is 1. The number of anilines is 1. The minimum Gasteiger partial charge on any atom is -0.462 e. The van der Waals surface area contributed by atoms with Crippen LogP contribution in [0.3, 0.4) is 0 Å². The van der Waals surface area contributed by atoms with Gasteiger partial charge in [-0.3, -0.25) is 4.79 Å². The van der Waals surface area contributed by atoms with E-state index in [1.807, 2.05) is 42.6 Å². The first-order valence-corrected chi connectivity index (χ1v) is 19.3. The number of nitrogens with one attached hydrogen (secondary N) is 1. The van der Waals surface area contributed by atoms with Gasteiger partial charge in [0.1, 0.15) is 11.5 Å². The van der Waals surface area contributed by atoms with E-state index in [9.17, 15) is 9.59 Å². The summed E-state index contributed by atoms with van der Waals surface area (Å²) in [5.41, 5.74) is 3.66. The average molecular weight is 684 g/mol. The number of rotatable bonds is 22. The molecule has 5 rings (SSSR count). The molecule has 50 heavy (non-hydrogen) atoms. The highest BCUT2D eigenvalue weighted by Gasteiger charge is 2.17. The van der Waals surface area contributed by atoms with Crippen LogP contribution in [0.15, 0.2) is 59.5 Å². The number of carbonyl (C=O) groups is 1. The Bertz CT molecular complexity index is 1660. The summed E-state index contributed by atoms with van der Waals surface area (Å²) in [6, 6.07) is 14.8. The number of unbranched alkanes of at least 4 members (excludes halogenated alkanes) is 15. The van der Waals surface area contributed by atoms with E-state index in [0.29, 0.717) is 43.0 Å². The van der Waals surface area contributed by atoms with Crippen molar-refractivity contribution in [2.45, 2.75) is 116 Å². The van der Waals surface area contributed by atoms with E-state index in [-0.39, 0.29) is 11.4 Å². The van der Waals surface area contributed by atoms with Crippen molar-refractivity contribution in [3.63, 3.8) is 0 Å². The summed E-state index contributed by atoms with van der Waals surface area (Å²) in [6.45, 7) is 5.91. The van der Waals surface area contributed by atoms with Crippen molar-refractivity contribution >= 4 is 22.7 Å². The second-order valence-electron chi connectivity index (χ2n) is 13.8. The topological polar surface area (TPSA) is 102 Å². The Balaban J connectivity index is 1.01. The second-order valence-corrected chi connectivity index (χ2v) is 13.8. The number of hydrogen-bond donors (Lipinski definition) is 1. The number of pyridine rings is 1. The fourth-order valence-corrected chi connectivity index (χ4v) is 6.83. The molecule has 2 aromatic carbocycles. The minimum atomic E-state index is -0.289. The Morgan fingerprint density at radius 2 is 1.46 bits per heavy atom. The van der Waals surface area contributed by atoms with Crippen LogP contribution in [0.1, 0.15) is 126 Å². The summed E-state index contributed by atoms with van der Waals surface area (Å²) < 4.78 is 12.8. The summed E-state index contributed by atoms with van der Waals surface area (Å²) in [6.07, 6.45) is 23.0. The van der Waals surface area contributed by atoms with Crippen LogP contribution in [-0.2, 0) is 16.0 Å². The summed E-state index contributed by atoms with van der Waals surface area (Å²) in [4.78, 5) is 31.4. The zero-order valence-corrected chi connectivity index (χ0v) is 30.2. The Morgan fingerprint density at radius 3 is 2.14 bits per heavy atom. The Kier molecular flexibility index (Phi) is 15.4. The number of aromatic nitrogens is 4. The van der Waals surface area contributed by atoms with Crippen molar-refractivity contribution in [2.24, 2.45) is 0 Å². The van der Waals surface area contributed by atoms with Crippen LogP contribution in [0.5, 0.6) is 0 Å². The zero-order chi connectivity index (χ0) is 34.8. The molecule has 0 amide bonds. The molecule has 0 spiro atoms. The maximum Gasteiger partial charge on any atom is 0.338 e. The highest BCUT2D eigenvalue weighted by atomic mass is 16.5. The number of ether oxygens (including phenoxy) is 2. The van der Waals surface area contributed by atoms with Gasteiger partial charge in [-0.2, -0.15) is 0 Å². The first-order valence-electron chi connectivity index (χ1n) is 19.3. The zero-order valence-electron chi connectivity index (χ0n) is 30.2. The lowest BCUT2D eigenvalue weighted by atomic mass is 10.0. The van der Waals surface area contributed by atoms with E-state index >= 15 is 0 Å². The van der Waals surface area contributed by atoms with Crippen molar-refractivity contribution in [2.75, 3.05) is 37.8 Å². The molecule has 1 aliphatic heterocycles. The van der Waals surface area contributed by atoms with Crippen LogP contribution >= 0.6 is 0 Å². The molecular formula is C41H57N5O4. The van der Waals surface area contributed by atoms with Gasteiger partial charge in [-0.25, -0.2) is 9.48 Å². The summed E-state index contributed by atoms with van der Waals surface area (Å²) in [5, 5.41) is 9.41. The molecule has 1 aliphatic rings. The Hall–Kier alpha value is -3.98. The van der Waals surface area contributed by atoms with Gasteiger partial charge in [-0.05, 0) is 30.2 Å². The van der Waals surface area contributed by atoms with Gasteiger partial charge in [-0.15, -0.1) is 5.10 Å². The van der Waals surface area contributed by atoms with Gasteiger partial charge in [0.25, 0.3) is 0 Å². The van der Waals surface area contributed by atoms with Gasteiger partial charge < -0.3 is 19.4 Å². The van der Waals surface area contributed by atoms with Crippen LogP contribution in [0.4, 0.5) is 5.82 Å². The smallest absolute Gasteiger partial charge is 0.338 e. The molecule has 1 saturated heterocycles. The molecular weight excluding hydrogens is 626 g/mol. The monoisotopic (exact) mass is 683 g/mol. The summed E-state index contributed by atoms with van der Waals surface area (Å²) in [7, 11) is 0. The number of benzene rings is 2. The first kappa shape index (κ1) is 37.3. The van der Waals surface area contributed by atoms with Gasteiger partial charge in [0.05, 0.1) is 43.6 Å². The number of morpholine rings is 1. The third-order valence-electron chi connectivity index (χ3n) is 9.76. The Labute approximate surface area is 297 Å². The molecule has 0 aliphatic carbocycles. The lowest BCUT2D eigenvalue weighted by Gasteiger charge is -2.28. The quantitative estimate of drug-likeness (QED) is 0.0651. The fourth-order valence-electron chi connectivity index (χ4n) is 6.83. The third kappa shape index (κ3) is 11.5. The summed E-state index contributed by atoms with van der Waals surface area (Å²) >= 11 is 0. The number of H-pyrrole nitrogens is 1. The van der Waals surface area contributed by atoms with Crippen molar-refractivity contribution < 1.29 is 14.3 Å². The highest BCUT2D eigenvalue weighted by Crippen LogP contribution is 2.26. The number of hydrogen-bond acceptors (Lipinski definition) is 7. The van der Waals surface area contributed by atoms with Gasteiger partial charge in [0.2, 0.25) is 0 Å². The molecule has 3 heterocycles. The Morgan fingerprint density at radius 1 is 0.820 bits per heavy atom. The predicted octanol–water partition coefficient (Wildman–Crippen LogP) is 9.09. The number of fused-ring (bicyclic) bond motifs is 1. The van der Waals surface area contributed by atoms with Gasteiger partial charge in [-0.1, -0.05) is 133 Å². The molecule has 1 N–H and O–H groups in total. The van der Waals surface area contributed by atoms with Crippen molar-refractivity contribution in [3.05, 3.63) is 76.1 Å². The maximum atomic E-state index is 13.0. The average Bonchev–Trinajstić information content (AvgIpc) is 3.61. The van der Waals surface area contributed by atoms with Crippen LogP contribution in [0.25, 0.3) is 22.2 Å². The predicted molar refractivity (Wildman–Crippen MR) is 202 cm³/mol. The molecule has 0 radical (unpaired) electrons. The molecule has 0 atom stereocenters. The maximum absolute atomic E-state index is 13.0. The summed E-state index contributed by atoms with van der Waals surface area (Å²) in [5.74, 6) is 0.493. The van der Waals surface area contributed by atoms with E-state index in [1.54, 1.807) is 16.8 Å². The fraction of sp³-hybridized carbons (Fsp3) is 0.561. The molecule has 2 aromatic heterocycles. The lowest BCUT2D eigenvalue weighted by Crippen LogP contribution is -2.37. The molecule has 1 fully saturated rings. The minimum absolute atomic E-state index is 0.0343. The van der Waals surface area contributed by atoms with Crippen molar-refractivity contribution in [3.8, 4) is 11.3 Å². The second kappa shape index (κ2) is 20.6. The third-order valence-corrected chi connectivity index (χ3v) is 9.76. The number of para-hydroxylation sites is 1. The standard InChI is InChI=1S/C41H57N5O4/c1-2-3-4-5-6-7-8-9-10-11-12-13-14-15-16-17-26-50-41(48)34-21-18-20-33(29-34)31-46-32-37(43-44-46)35-22-19-23-36-38(47)30-39(42-40(35)36)45-24-27-49-28-25-45/h18-23,29-30,32H,2-17,24-28,31H2,1H3,(H,42,47). The molecule has 0 unspecified atom stereocenters. The van der Waals surface area contributed by atoms with Gasteiger partial charge >= 0.3 is 5.97 Å². The lowest BCUT2D eigenvalue weighted by molar-refractivity contribution is 0.0497. The largest absolute Gasteiger partial charge is 0.462 e. The number of esters is 1. The van der Waals surface area contributed by atoms with E-state index in [4.69, 9.17) is 9.47 Å². The van der Waals surface area contributed by atoms with E-state index < -0.39 is 0 Å². The van der Waals surface area contributed by atoms with Crippen LogP contribution in [-0.4, -0.2) is 58.9 Å². The molecule has 0 bridgehead atoms. The van der Waals surface area contributed by atoms with Crippen molar-refractivity contribution in [1.82, 2.24) is 20.0 Å². The van der Waals surface area contributed by atoms with Crippen molar-refractivity contribution in [1.29, 1.82) is 0 Å². The molecule has 0 saturated carbocycles. The van der Waals surface area contributed by atoms with Gasteiger partial charge in [0.15, 0.2) is 5.43 Å². The van der Waals surface area contributed by atoms with E-state index in [1.165, 1.54) is 89.9 Å². The van der Waals surface area contributed by atoms with Crippen LogP contribution in [0, 0.1) is 0 Å². The van der Waals surface area contributed by atoms with Gasteiger partial charge in [0, 0.05) is 30.1 Å². The molecule has 4 aromatic rings. The van der Waals surface area contributed by atoms with Crippen LogP contribution in [0.2, 0.25) is 0 Å².